The van der Waals surface area contributed by atoms with Crippen LogP contribution in [0.4, 0.5) is 0 Å². The highest BCUT2D eigenvalue weighted by molar-refractivity contribution is 5.27. The number of likely N-dealkylation sites (tertiary alicyclic amines) is 1. The molecule has 1 aliphatic heterocycles. The van der Waals surface area contributed by atoms with E-state index in [9.17, 15) is 0 Å². The zero-order chi connectivity index (χ0) is 16.9. The lowest BCUT2D eigenvalue weighted by Crippen LogP contribution is -2.36. The van der Waals surface area contributed by atoms with Crippen molar-refractivity contribution in [2.24, 2.45) is 5.92 Å². The molecule has 2 aromatic rings. The van der Waals surface area contributed by atoms with Crippen LogP contribution >= 0.6 is 0 Å². The van der Waals surface area contributed by atoms with Gasteiger partial charge in [-0.15, -0.1) is 10.2 Å². The standard InChI is InChI=1S/C19H27N3O2/c1-4-18-20-21-19(24-18)14(2)22-11-9-16(10-12-22)13-15-5-7-17(23-3)8-6-15/h5-8,14,16H,4,9-13H2,1-3H3. The van der Waals surface area contributed by atoms with Crippen LogP contribution in [-0.2, 0) is 12.8 Å². The third-order valence-electron chi connectivity index (χ3n) is 5.02. The smallest absolute Gasteiger partial charge is 0.233 e. The topological polar surface area (TPSA) is 51.4 Å². The first-order valence-corrected chi connectivity index (χ1v) is 8.88. The van der Waals surface area contributed by atoms with E-state index in [1.54, 1.807) is 7.11 Å². The van der Waals surface area contributed by atoms with Crippen LogP contribution in [0.25, 0.3) is 0 Å². The Morgan fingerprint density at radius 3 is 2.50 bits per heavy atom. The first kappa shape index (κ1) is 17.0. The molecule has 1 saturated heterocycles. The molecule has 5 nitrogen and oxygen atoms in total. The van der Waals surface area contributed by atoms with Gasteiger partial charge in [-0.1, -0.05) is 19.1 Å². The lowest BCUT2D eigenvalue weighted by molar-refractivity contribution is 0.123. The molecule has 1 unspecified atom stereocenters. The molecule has 0 bridgehead atoms. The number of aromatic nitrogens is 2. The SMILES string of the molecule is CCc1nnc(C(C)N2CCC(Cc3ccc(OC)cc3)CC2)o1. The Morgan fingerprint density at radius 1 is 1.21 bits per heavy atom. The van der Waals surface area contributed by atoms with Crippen LogP contribution in [0.3, 0.4) is 0 Å². The number of benzene rings is 1. The van der Waals surface area contributed by atoms with Gasteiger partial charge in [0.1, 0.15) is 5.75 Å². The van der Waals surface area contributed by atoms with Gasteiger partial charge in [-0.2, -0.15) is 0 Å². The van der Waals surface area contributed by atoms with Crippen LogP contribution in [0.5, 0.6) is 5.75 Å². The fourth-order valence-corrected chi connectivity index (χ4v) is 3.37. The lowest BCUT2D eigenvalue weighted by atomic mass is 9.89. The quantitative estimate of drug-likeness (QED) is 0.809. The summed E-state index contributed by atoms with van der Waals surface area (Å²) in [4.78, 5) is 2.46. The normalized spacial score (nSPS) is 17.8. The van der Waals surface area contributed by atoms with Crippen molar-refractivity contribution in [3.05, 3.63) is 41.6 Å². The van der Waals surface area contributed by atoms with E-state index >= 15 is 0 Å². The lowest BCUT2D eigenvalue weighted by Gasteiger charge is -2.34. The fraction of sp³-hybridized carbons (Fsp3) is 0.579. The molecule has 1 aromatic heterocycles. The van der Waals surface area contributed by atoms with Gasteiger partial charge in [0.25, 0.3) is 0 Å². The molecule has 24 heavy (non-hydrogen) atoms. The van der Waals surface area contributed by atoms with E-state index in [1.807, 2.05) is 19.1 Å². The molecule has 0 spiro atoms. The molecule has 0 N–H and O–H groups in total. The molecule has 1 aromatic carbocycles. The molecule has 0 amide bonds. The van der Waals surface area contributed by atoms with Crippen molar-refractivity contribution in [1.82, 2.24) is 15.1 Å². The van der Waals surface area contributed by atoms with Crippen molar-refractivity contribution in [2.75, 3.05) is 20.2 Å². The maximum absolute atomic E-state index is 5.72. The molecule has 1 atom stereocenters. The van der Waals surface area contributed by atoms with Crippen LogP contribution in [-0.4, -0.2) is 35.3 Å². The van der Waals surface area contributed by atoms with Gasteiger partial charge in [0, 0.05) is 6.42 Å². The number of hydrogen-bond acceptors (Lipinski definition) is 5. The van der Waals surface area contributed by atoms with Crippen LogP contribution in [0, 0.1) is 5.92 Å². The number of rotatable bonds is 6. The molecule has 3 rings (SSSR count). The van der Waals surface area contributed by atoms with Crippen molar-refractivity contribution >= 4 is 0 Å². The zero-order valence-electron chi connectivity index (χ0n) is 14.9. The third-order valence-corrected chi connectivity index (χ3v) is 5.02. The highest BCUT2D eigenvalue weighted by Crippen LogP contribution is 2.28. The van der Waals surface area contributed by atoms with Gasteiger partial charge in [0.15, 0.2) is 0 Å². The van der Waals surface area contributed by atoms with Crippen LogP contribution in [0.2, 0.25) is 0 Å². The second kappa shape index (κ2) is 7.79. The summed E-state index contributed by atoms with van der Waals surface area (Å²) in [5, 5.41) is 8.28. The van der Waals surface area contributed by atoms with Gasteiger partial charge >= 0.3 is 0 Å². The van der Waals surface area contributed by atoms with Gasteiger partial charge in [-0.3, -0.25) is 4.90 Å². The molecule has 0 aliphatic carbocycles. The Bertz CT molecular complexity index is 630. The number of methoxy groups -OCH3 is 1. The molecular weight excluding hydrogens is 302 g/mol. The van der Waals surface area contributed by atoms with E-state index in [2.05, 4.69) is 34.2 Å². The summed E-state index contributed by atoms with van der Waals surface area (Å²) in [6.07, 6.45) is 4.37. The maximum Gasteiger partial charge on any atom is 0.233 e. The maximum atomic E-state index is 5.72. The van der Waals surface area contributed by atoms with Crippen LogP contribution < -0.4 is 4.74 Å². The Balaban J connectivity index is 1.51. The number of piperidine rings is 1. The molecule has 1 fully saturated rings. The minimum atomic E-state index is 0.208. The van der Waals surface area contributed by atoms with E-state index in [1.165, 1.54) is 18.4 Å². The van der Waals surface area contributed by atoms with E-state index in [0.717, 1.165) is 49.4 Å². The first-order chi connectivity index (χ1) is 11.7. The minimum absolute atomic E-state index is 0.208. The minimum Gasteiger partial charge on any atom is -0.497 e. The van der Waals surface area contributed by atoms with E-state index < -0.39 is 0 Å². The number of ether oxygens (including phenoxy) is 1. The fourth-order valence-electron chi connectivity index (χ4n) is 3.37. The molecule has 130 valence electrons. The van der Waals surface area contributed by atoms with Gasteiger partial charge in [0.2, 0.25) is 11.8 Å². The van der Waals surface area contributed by atoms with Crippen LogP contribution in [0.1, 0.15) is 50.1 Å². The molecule has 2 heterocycles. The predicted octanol–water partition coefficient (Wildman–Crippen LogP) is 3.66. The van der Waals surface area contributed by atoms with Crippen molar-refractivity contribution in [3.8, 4) is 5.75 Å². The van der Waals surface area contributed by atoms with Crippen molar-refractivity contribution in [3.63, 3.8) is 0 Å². The summed E-state index contributed by atoms with van der Waals surface area (Å²) in [7, 11) is 1.71. The average Bonchev–Trinajstić information content (AvgIpc) is 3.11. The van der Waals surface area contributed by atoms with Crippen LogP contribution in [0.15, 0.2) is 28.7 Å². The molecule has 0 saturated carbocycles. The van der Waals surface area contributed by atoms with Gasteiger partial charge in [-0.05, 0) is 62.9 Å². The first-order valence-electron chi connectivity index (χ1n) is 8.88. The second-order valence-corrected chi connectivity index (χ2v) is 6.60. The van der Waals surface area contributed by atoms with E-state index in [-0.39, 0.29) is 6.04 Å². The van der Waals surface area contributed by atoms with Crippen molar-refractivity contribution in [2.45, 2.75) is 45.6 Å². The molecule has 5 heteroatoms. The monoisotopic (exact) mass is 329 g/mol. The van der Waals surface area contributed by atoms with E-state index in [4.69, 9.17) is 9.15 Å². The predicted molar refractivity (Wildman–Crippen MR) is 93.1 cm³/mol. The Labute approximate surface area is 144 Å². The van der Waals surface area contributed by atoms with Crippen molar-refractivity contribution < 1.29 is 9.15 Å². The Hall–Kier alpha value is -1.88. The summed E-state index contributed by atoms with van der Waals surface area (Å²) < 4.78 is 10.9. The summed E-state index contributed by atoms with van der Waals surface area (Å²) in [5.74, 6) is 3.15. The summed E-state index contributed by atoms with van der Waals surface area (Å²) in [6.45, 7) is 6.38. The molecular formula is C19H27N3O2. The summed E-state index contributed by atoms with van der Waals surface area (Å²) >= 11 is 0. The largest absolute Gasteiger partial charge is 0.497 e. The van der Waals surface area contributed by atoms with Gasteiger partial charge in [-0.25, -0.2) is 0 Å². The number of aryl methyl sites for hydroxylation is 1. The zero-order valence-corrected chi connectivity index (χ0v) is 14.9. The summed E-state index contributed by atoms with van der Waals surface area (Å²) in [6, 6.07) is 8.66. The Morgan fingerprint density at radius 2 is 1.92 bits per heavy atom. The van der Waals surface area contributed by atoms with Gasteiger partial charge in [0.05, 0.1) is 13.2 Å². The third kappa shape index (κ3) is 3.96. The molecule has 0 radical (unpaired) electrons. The number of nitrogens with zero attached hydrogens (tertiary/aromatic N) is 3. The van der Waals surface area contributed by atoms with E-state index in [0.29, 0.717) is 0 Å². The highest BCUT2D eigenvalue weighted by Gasteiger charge is 2.26. The highest BCUT2D eigenvalue weighted by atomic mass is 16.5. The summed E-state index contributed by atoms with van der Waals surface area (Å²) in [5.41, 5.74) is 1.40. The van der Waals surface area contributed by atoms with Gasteiger partial charge < -0.3 is 9.15 Å². The second-order valence-electron chi connectivity index (χ2n) is 6.60. The Kier molecular flexibility index (Phi) is 5.51. The number of hydrogen-bond donors (Lipinski definition) is 0. The average molecular weight is 329 g/mol. The molecule has 1 aliphatic rings. The van der Waals surface area contributed by atoms with Crippen molar-refractivity contribution in [1.29, 1.82) is 0 Å².